The molecule has 16 heavy (non-hydrogen) atoms. The van der Waals surface area contributed by atoms with E-state index in [-0.39, 0.29) is 0 Å². The number of unbranched alkanes of at least 4 members (excludes halogenated alkanes) is 4. The number of carbonyl (C=O) groups excluding carboxylic acids is 1. The van der Waals surface area contributed by atoms with Crippen LogP contribution in [-0.4, -0.2) is 35.0 Å². The first-order valence-corrected chi connectivity index (χ1v) is 5.90. The average Bonchev–Trinajstić information content (AvgIpc) is 2.27. The van der Waals surface area contributed by atoms with Gasteiger partial charge in [-0.1, -0.05) is 39.0 Å². The number of hydrogen-bond donors (Lipinski definition) is 1. The lowest BCUT2D eigenvalue weighted by Gasteiger charge is -2.32. The third-order valence-corrected chi connectivity index (χ3v) is 3.16. The lowest BCUT2D eigenvalue weighted by atomic mass is 9.93. The Morgan fingerprint density at radius 2 is 1.88 bits per heavy atom. The maximum Gasteiger partial charge on any atom is 0.329 e. The molecule has 0 aromatic rings. The molecule has 0 aromatic carbocycles. The summed E-state index contributed by atoms with van der Waals surface area (Å²) in [6.07, 6.45) is 6.47. The van der Waals surface area contributed by atoms with Crippen LogP contribution in [0, 0.1) is 0 Å². The Morgan fingerprint density at radius 3 is 2.31 bits per heavy atom. The van der Waals surface area contributed by atoms with Gasteiger partial charge in [-0.3, -0.25) is 4.79 Å². The van der Waals surface area contributed by atoms with Crippen LogP contribution in [0.5, 0.6) is 0 Å². The Balaban J connectivity index is 4.14. The number of hydrogen-bond acceptors (Lipinski definition) is 2. The summed E-state index contributed by atoms with van der Waals surface area (Å²) in [6.45, 7) is 3.74. The molecule has 1 amide bonds. The number of amides is 1. The van der Waals surface area contributed by atoms with Gasteiger partial charge in [0, 0.05) is 7.05 Å². The SMILES string of the molecule is CCCCCCCC(C)(C(=O)O)N(C)C=O. The molecular weight excluding hydrogens is 206 g/mol. The zero-order valence-electron chi connectivity index (χ0n) is 10.5. The van der Waals surface area contributed by atoms with Gasteiger partial charge in [0.25, 0.3) is 0 Å². The molecule has 0 aromatic heterocycles. The van der Waals surface area contributed by atoms with Gasteiger partial charge in [0.15, 0.2) is 0 Å². The van der Waals surface area contributed by atoms with Crippen LogP contribution in [0.25, 0.3) is 0 Å². The minimum absolute atomic E-state index is 0.515. The Morgan fingerprint density at radius 1 is 1.31 bits per heavy atom. The Bertz CT molecular complexity index is 230. The maximum absolute atomic E-state index is 11.1. The lowest BCUT2D eigenvalue weighted by molar-refractivity contribution is -0.153. The summed E-state index contributed by atoms with van der Waals surface area (Å²) in [7, 11) is 1.52. The van der Waals surface area contributed by atoms with Crippen LogP contribution in [0.3, 0.4) is 0 Å². The highest BCUT2D eigenvalue weighted by Gasteiger charge is 2.36. The first-order valence-electron chi connectivity index (χ1n) is 5.90. The van der Waals surface area contributed by atoms with Crippen molar-refractivity contribution < 1.29 is 14.7 Å². The molecule has 0 spiro atoms. The van der Waals surface area contributed by atoms with Gasteiger partial charge in [-0.25, -0.2) is 4.79 Å². The van der Waals surface area contributed by atoms with Gasteiger partial charge in [0.05, 0.1) is 0 Å². The Kier molecular flexibility index (Phi) is 6.77. The van der Waals surface area contributed by atoms with Crippen molar-refractivity contribution in [2.24, 2.45) is 0 Å². The zero-order valence-corrected chi connectivity index (χ0v) is 10.5. The summed E-state index contributed by atoms with van der Waals surface area (Å²) in [5.41, 5.74) is -1.06. The number of aliphatic carboxylic acids is 1. The van der Waals surface area contributed by atoms with Crippen LogP contribution in [0.2, 0.25) is 0 Å². The van der Waals surface area contributed by atoms with Crippen molar-refractivity contribution in [3.8, 4) is 0 Å². The van der Waals surface area contributed by atoms with Gasteiger partial charge >= 0.3 is 5.97 Å². The second-order valence-corrected chi connectivity index (χ2v) is 4.46. The van der Waals surface area contributed by atoms with E-state index in [0.29, 0.717) is 12.8 Å². The molecule has 0 aliphatic heterocycles. The highest BCUT2D eigenvalue weighted by Crippen LogP contribution is 2.21. The van der Waals surface area contributed by atoms with Crippen LogP contribution in [-0.2, 0) is 9.59 Å². The first-order chi connectivity index (χ1) is 7.49. The number of nitrogens with zero attached hydrogens (tertiary/aromatic N) is 1. The van der Waals surface area contributed by atoms with E-state index in [9.17, 15) is 9.59 Å². The molecule has 94 valence electrons. The van der Waals surface area contributed by atoms with Crippen molar-refractivity contribution in [3.63, 3.8) is 0 Å². The molecule has 0 saturated heterocycles. The maximum atomic E-state index is 11.1. The molecule has 1 unspecified atom stereocenters. The number of carboxylic acid groups (broad SMARTS) is 1. The molecule has 4 nitrogen and oxygen atoms in total. The normalized spacial score (nSPS) is 14.2. The topological polar surface area (TPSA) is 57.6 Å². The zero-order chi connectivity index (χ0) is 12.6. The van der Waals surface area contributed by atoms with E-state index in [4.69, 9.17) is 5.11 Å². The van der Waals surface area contributed by atoms with E-state index < -0.39 is 11.5 Å². The quantitative estimate of drug-likeness (QED) is 0.487. The highest BCUT2D eigenvalue weighted by molar-refractivity contribution is 5.80. The molecular formula is C12H23NO3. The summed E-state index contributed by atoms with van der Waals surface area (Å²) in [6, 6.07) is 0. The molecule has 0 rings (SSSR count). The molecule has 0 heterocycles. The van der Waals surface area contributed by atoms with E-state index in [1.54, 1.807) is 6.92 Å². The smallest absolute Gasteiger partial charge is 0.329 e. The molecule has 0 fully saturated rings. The van der Waals surface area contributed by atoms with Crippen molar-refractivity contribution in [1.82, 2.24) is 4.90 Å². The molecule has 1 atom stereocenters. The van der Waals surface area contributed by atoms with Gasteiger partial charge in [-0.2, -0.15) is 0 Å². The Hall–Kier alpha value is -1.06. The molecule has 0 radical (unpaired) electrons. The van der Waals surface area contributed by atoms with E-state index in [0.717, 1.165) is 19.3 Å². The van der Waals surface area contributed by atoms with Crippen LogP contribution in [0.1, 0.15) is 52.4 Å². The van der Waals surface area contributed by atoms with Crippen molar-refractivity contribution in [1.29, 1.82) is 0 Å². The van der Waals surface area contributed by atoms with E-state index in [1.807, 2.05) is 0 Å². The molecule has 0 aliphatic carbocycles. The summed E-state index contributed by atoms with van der Waals surface area (Å²) in [5, 5.41) is 9.14. The van der Waals surface area contributed by atoms with Gasteiger partial charge in [-0.05, 0) is 13.3 Å². The summed E-state index contributed by atoms with van der Waals surface area (Å²) < 4.78 is 0. The molecule has 1 N–H and O–H groups in total. The summed E-state index contributed by atoms with van der Waals surface area (Å²) >= 11 is 0. The lowest BCUT2D eigenvalue weighted by Crippen LogP contribution is -2.49. The van der Waals surface area contributed by atoms with Crippen LogP contribution < -0.4 is 0 Å². The van der Waals surface area contributed by atoms with Crippen molar-refractivity contribution >= 4 is 12.4 Å². The van der Waals surface area contributed by atoms with Gasteiger partial charge in [0.2, 0.25) is 6.41 Å². The third-order valence-electron chi connectivity index (χ3n) is 3.16. The standard InChI is InChI=1S/C12H23NO3/c1-4-5-6-7-8-9-12(2,11(15)16)13(3)10-14/h10H,4-9H2,1-3H3,(H,15,16). The highest BCUT2D eigenvalue weighted by atomic mass is 16.4. The van der Waals surface area contributed by atoms with Crippen LogP contribution in [0.4, 0.5) is 0 Å². The van der Waals surface area contributed by atoms with E-state index in [2.05, 4.69) is 6.92 Å². The summed E-state index contributed by atoms with van der Waals surface area (Å²) in [5.74, 6) is -0.933. The second kappa shape index (κ2) is 7.25. The fourth-order valence-corrected chi connectivity index (χ4v) is 1.62. The largest absolute Gasteiger partial charge is 0.480 e. The van der Waals surface area contributed by atoms with E-state index >= 15 is 0 Å². The van der Waals surface area contributed by atoms with E-state index in [1.165, 1.54) is 24.8 Å². The fraction of sp³-hybridized carbons (Fsp3) is 0.833. The predicted octanol–water partition coefficient (Wildman–Crippen LogP) is 2.28. The monoisotopic (exact) mass is 229 g/mol. The van der Waals surface area contributed by atoms with Gasteiger partial charge in [0.1, 0.15) is 5.54 Å². The van der Waals surface area contributed by atoms with Crippen LogP contribution >= 0.6 is 0 Å². The van der Waals surface area contributed by atoms with Crippen molar-refractivity contribution in [2.45, 2.75) is 57.9 Å². The molecule has 0 saturated carbocycles. The Labute approximate surface area is 97.6 Å². The molecule has 0 aliphatic rings. The number of carboxylic acids is 1. The number of carbonyl (C=O) groups is 2. The van der Waals surface area contributed by atoms with Gasteiger partial charge < -0.3 is 10.0 Å². The second-order valence-electron chi connectivity index (χ2n) is 4.46. The predicted molar refractivity (Wildman–Crippen MR) is 63.2 cm³/mol. The third kappa shape index (κ3) is 4.21. The average molecular weight is 229 g/mol. The minimum Gasteiger partial charge on any atom is -0.480 e. The van der Waals surface area contributed by atoms with Crippen molar-refractivity contribution in [3.05, 3.63) is 0 Å². The molecule has 0 bridgehead atoms. The first kappa shape index (κ1) is 14.9. The van der Waals surface area contributed by atoms with Crippen LogP contribution in [0.15, 0.2) is 0 Å². The fourth-order valence-electron chi connectivity index (χ4n) is 1.62. The number of likely N-dealkylation sites (N-methyl/N-ethyl adjacent to an activating group) is 1. The van der Waals surface area contributed by atoms with Crippen molar-refractivity contribution in [2.75, 3.05) is 7.05 Å². The minimum atomic E-state index is -1.06. The summed E-state index contributed by atoms with van der Waals surface area (Å²) in [4.78, 5) is 23.0. The molecule has 4 heteroatoms. The van der Waals surface area contributed by atoms with Gasteiger partial charge in [-0.15, -0.1) is 0 Å². The number of rotatable bonds is 9.